The number of rotatable bonds is 9. The Labute approximate surface area is 208 Å². The molecule has 0 saturated carbocycles. The number of carbonyl (C=O) groups is 1. The number of ether oxygens (including phenoxy) is 1. The topological polar surface area (TPSA) is 65.0 Å². The lowest BCUT2D eigenvalue weighted by Gasteiger charge is -2.35. The molecule has 0 bridgehead atoms. The van der Waals surface area contributed by atoms with Crippen molar-refractivity contribution in [1.29, 1.82) is 0 Å². The van der Waals surface area contributed by atoms with Crippen LogP contribution >= 0.6 is 0 Å². The molecule has 1 heterocycles. The number of nitrogens with zero attached hydrogens (tertiary/aromatic N) is 2. The maximum atomic E-state index is 12.5. The smallest absolute Gasteiger partial charge is 0.238 e. The fourth-order valence-electron chi connectivity index (χ4n) is 4.33. The van der Waals surface area contributed by atoms with E-state index in [1.54, 1.807) is 0 Å². The van der Waals surface area contributed by atoms with Crippen molar-refractivity contribution in [3.8, 4) is 16.9 Å². The molecule has 0 aromatic heterocycles. The Balaban J connectivity index is 1.16. The van der Waals surface area contributed by atoms with Crippen LogP contribution in [0.5, 0.6) is 5.75 Å². The van der Waals surface area contributed by atoms with E-state index in [9.17, 15) is 9.90 Å². The second kappa shape index (κ2) is 12.0. The van der Waals surface area contributed by atoms with Crippen LogP contribution in [0.25, 0.3) is 11.1 Å². The van der Waals surface area contributed by atoms with Gasteiger partial charge >= 0.3 is 0 Å². The van der Waals surface area contributed by atoms with Crippen molar-refractivity contribution in [1.82, 2.24) is 9.80 Å². The van der Waals surface area contributed by atoms with Crippen molar-refractivity contribution in [3.63, 3.8) is 0 Å². The molecule has 0 aliphatic carbocycles. The van der Waals surface area contributed by atoms with Gasteiger partial charge in [0.05, 0.1) is 6.54 Å². The van der Waals surface area contributed by atoms with Crippen LogP contribution < -0.4 is 10.1 Å². The molecule has 1 unspecified atom stereocenters. The van der Waals surface area contributed by atoms with E-state index in [1.807, 2.05) is 74.5 Å². The van der Waals surface area contributed by atoms with Crippen molar-refractivity contribution in [2.45, 2.75) is 20.0 Å². The predicted octanol–water partition coefficient (Wildman–Crippen LogP) is 3.97. The fourth-order valence-corrected chi connectivity index (χ4v) is 4.33. The van der Waals surface area contributed by atoms with Gasteiger partial charge in [-0.1, -0.05) is 54.6 Å². The van der Waals surface area contributed by atoms with E-state index in [0.717, 1.165) is 48.7 Å². The SMILES string of the molecule is Cc1cccc(NC(=O)CN2CCN(CC(O)COc3ccc(-c4ccccc4)cc3)CC2)c1C. The van der Waals surface area contributed by atoms with Gasteiger partial charge in [-0.25, -0.2) is 0 Å². The molecule has 1 atom stereocenters. The van der Waals surface area contributed by atoms with Crippen LogP contribution in [-0.2, 0) is 4.79 Å². The number of β-amino-alcohol motifs (C(OH)–C–C–N with tert-alkyl or cyclic N) is 1. The second-order valence-corrected chi connectivity index (χ2v) is 9.23. The molecule has 3 aromatic carbocycles. The Morgan fingerprint density at radius 3 is 2.26 bits per heavy atom. The van der Waals surface area contributed by atoms with E-state index in [4.69, 9.17) is 4.74 Å². The van der Waals surface area contributed by atoms with Gasteiger partial charge in [0.25, 0.3) is 0 Å². The molecule has 4 rings (SSSR count). The van der Waals surface area contributed by atoms with Crippen LogP contribution in [0.2, 0.25) is 0 Å². The lowest BCUT2D eigenvalue weighted by molar-refractivity contribution is -0.117. The summed E-state index contributed by atoms with van der Waals surface area (Å²) in [7, 11) is 0. The summed E-state index contributed by atoms with van der Waals surface area (Å²) in [6, 6.07) is 24.1. The molecule has 3 aromatic rings. The van der Waals surface area contributed by atoms with Gasteiger partial charge in [0.2, 0.25) is 5.91 Å². The summed E-state index contributed by atoms with van der Waals surface area (Å²) in [5.74, 6) is 0.766. The quantitative estimate of drug-likeness (QED) is 0.492. The summed E-state index contributed by atoms with van der Waals surface area (Å²) in [6.45, 7) is 8.51. The summed E-state index contributed by atoms with van der Waals surface area (Å²) in [5.41, 5.74) is 5.46. The summed E-state index contributed by atoms with van der Waals surface area (Å²) in [5, 5.41) is 13.5. The van der Waals surface area contributed by atoms with E-state index in [0.29, 0.717) is 13.1 Å². The highest BCUT2D eigenvalue weighted by Crippen LogP contribution is 2.22. The number of amides is 1. The first-order chi connectivity index (χ1) is 17.0. The molecule has 0 spiro atoms. The maximum absolute atomic E-state index is 12.5. The minimum absolute atomic E-state index is 0.0128. The van der Waals surface area contributed by atoms with Gasteiger partial charge in [0.1, 0.15) is 18.5 Å². The summed E-state index contributed by atoms with van der Waals surface area (Å²) in [6.07, 6.45) is -0.567. The van der Waals surface area contributed by atoms with E-state index >= 15 is 0 Å². The van der Waals surface area contributed by atoms with Crippen molar-refractivity contribution in [2.24, 2.45) is 0 Å². The first-order valence-electron chi connectivity index (χ1n) is 12.2. The van der Waals surface area contributed by atoms with E-state index in [-0.39, 0.29) is 12.5 Å². The molecule has 2 N–H and O–H groups in total. The number of piperazine rings is 1. The molecule has 184 valence electrons. The van der Waals surface area contributed by atoms with Crippen LogP contribution in [-0.4, -0.2) is 72.8 Å². The maximum Gasteiger partial charge on any atom is 0.238 e. The van der Waals surface area contributed by atoms with Crippen molar-refractivity contribution >= 4 is 11.6 Å². The number of hydrogen-bond acceptors (Lipinski definition) is 5. The molecule has 1 saturated heterocycles. The third-order valence-electron chi connectivity index (χ3n) is 6.58. The zero-order valence-corrected chi connectivity index (χ0v) is 20.6. The minimum Gasteiger partial charge on any atom is -0.491 e. The molecule has 35 heavy (non-hydrogen) atoms. The highest BCUT2D eigenvalue weighted by Gasteiger charge is 2.21. The zero-order valence-electron chi connectivity index (χ0n) is 20.6. The Hall–Kier alpha value is -3.19. The highest BCUT2D eigenvalue weighted by molar-refractivity contribution is 5.93. The van der Waals surface area contributed by atoms with Crippen LogP contribution in [0.1, 0.15) is 11.1 Å². The molecule has 1 aliphatic heterocycles. The lowest BCUT2D eigenvalue weighted by atomic mass is 10.1. The number of aryl methyl sites for hydroxylation is 1. The van der Waals surface area contributed by atoms with Gasteiger partial charge in [-0.15, -0.1) is 0 Å². The monoisotopic (exact) mass is 473 g/mol. The van der Waals surface area contributed by atoms with Crippen LogP contribution in [0.4, 0.5) is 5.69 Å². The Morgan fingerprint density at radius 1 is 0.886 bits per heavy atom. The minimum atomic E-state index is -0.567. The molecular formula is C29H35N3O3. The van der Waals surface area contributed by atoms with Gasteiger partial charge < -0.3 is 15.2 Å². The van der Waals surface area contributed by atoms with Crippen molar-refractivity contribution < 1.29 is 14.6 Å². The number of aliphatic hydroxyl groups excluding tert-OH is 1. The zero-order chi connectivity index (χ0) is 24.6. The molecule has 1 aliphatic rings. The number of nitrogens with one attached hydrogen (secondary N) is 1. The summed E-state index contributed by atoms with van der Waals surface area (Å²) >= 11 is 0. The fraction of sp³-hybridized carbons (Fsp3) is 0.345. The van der Waals surface area contributed by atoms with Crippen molar-refractivity contribution in [2.75, 3.05) is 51.2 Å². The molecule has 0 radical (unpaired) electrons. The third kappa shape index (κ3) is 7.15. The van der Waals surface area contributed by atoms with Gasteiger partial charge in [-0.05, 0) is 54.3 Å². The van der Waals surface area contributed by atoms with Crippen LogP contribution in [0, 0.1) is 13.8 Å². The number of hydrogen-bond donors (Lipinski definition) is 2. The molecule has 1 fully saturated rings. The molecular weight excluding hydrogens is 438 g/mol. The first-order valence-corrected chi connectivity index (χ1v) is 12.2. The Bertz CT molecular complexity index is 1090. The van der Waals surface area contributed by atoms with E-state index in [1.165, 1.54) is 11.1 Å². The standard InChI is InChI=1S/C29H35N3O3/c1-22-7-6-10-28(23(22)2)30-29(34)20-32-17-15-31(16-18-32)19-26(33)21-35-27-13-11-25(12-14-27)24-8-4-3-5-9-24/h3-14,26,33H,15-21H2,1-2H3,(H,30,34). The van der Waals surface area contributed by atoms with Gasteiger partial charge in [-0.3, -0.25) is 14.6 Å². The first kappa shape index (κ1) is 24.9. The number of benzene rings is 3. The summed E-state index contributed by atoms with van der Waals surface area (Å²) < 4.78 is 5.81. The number of carbonyl (C=O) groups excluding carboxylic acids is 1. The van der Waals surface area contributed by atoms with Crippen LogP contribution in [0.15, 0.2) is 72.8 Å². The number of aliphatic hydroxyl groups is 1. The van der Waals surface area contributed by atoms with Crippen molar-refractivity contribution in [3.05, 3.63) is 83.9 Å². The predicted molar refractivity (Wildman–Crippen MR) is 141 cm³/mol. The van der Waals surface area contributed by atoms with Crippen LogP contribution in [0.3, 0.4) is 0 Å². The van der Waals surface area contributed by atoms with Gasteiger partial charge in [-0.2, -0.15) is 0 Å². The van der Waals surface area contributed by atoms with E-state index in [2.05, 4.69) is 27.2 Å². The lowest BCUT2D eigenvalue weighted by Crippen LogP contribution is -2.50. The molecule has 6 nitrogen and oxygen atoms in total. The second-order valence-electron chi connectivity index (χ2n) is 9.23. The normalized spacial score (nSPS) is 15.5. The van der Waals surface area contributed by atoms with Gasteiger partial charge in [0.15, 0.2) is 0 Å². The average molecular weight is 474 g/mol. The van der Waals surface area contributed by atoms with E-state index < -0.39 is 6.10 Å². The summed E-state index contributed by atoms with van der Waals surface area (Å²) in [4.78, 5) is 16.9. The Morgan fingerprint density at radius 2 is 1.54 bits per heavy atom. The molecule has 1 amide bonds. The highest BCUT2D eigenvalue weighted by atomic mass is 16.5. The Kier molecular flexibility index (Phi) is 8.53. The average Bonchev–Trinajstić information content (AvgIpc) is 2.87. The third-order valence-corrected chi connectivity index (χ3v) is 6.58. The molecule has 6 heteroatoms. The largest absolute Gasteiger partial charge is 0.491 e. The number of anilines is 1. The van der Waals surface area contributed by atoms with Gasteiger partial charge in [0, 0.05) is 38.4 Å².